The van der Waals surface area contributed by atoms with Crippen molar-refractivity contribution in [2.75, 3.05) is 7.05 Å². The molecule has 0 aromatic carbocycles. The average molecular weight is 278 g/mol. The lowest BCUT2D eigenvalue weighted by Crippen LogP contribution is -2.47. The monoisotopic (exact) mass is 278 g/mol. The Hall–Kier alpha value is -1.24. The molecule has 0 aliphatic heterocycles. The van der Waals surface area contributed by atoms with E-state index in [-0.39, 0.29) is 18.1 Å². The number of amides is 1. The highest BCUT2D eigenvalue weighted by Gasteiger charge is 2.47. The fraction of sp³-hybridized carbons (Fsp3) is 0.875. The van der Waals surface area contributed by atoms with E-state index in [2.05, 4.69) is 6.07 Å². The third kappa shape index (κ3) is 3.26. The maximum atomic E-state index is 12.1. The predicted octanol–water partition coefficient (Wildman–Crippen LogP) is 3.72. The van der Waals surface area contributed by atoms with Crippen molar-refractivity contribution in [3.63, 3.8) is 0 Å². The van der Waals surface area contributed by atoms with Crippen LogP contribution in [0.4, 0.5) is 4.79 Å². The van der Waals surface area contributed by atoms with Gasteiger partial charge in [0.05, 0.1) is 6.07 Å². The van der Waals surface area contributed by atoms with E-state index in [1.165, 1.54) is 0 Å². The molecule has 4 nitrogen and oxygen atoms in total. The third-order valence-corrected chi connectivity index (χ3v) is 4.79. The molecule has 0 aromatic heterocycles. The van der Waals surface area contributed by atoms with Crippen molar-refractivity contribution in [3.8, 4) is 6.07 Å². The quantitative estimate of drug-likeness (QED) is 0.734. The standard InChI is InChI=1S/C16H26N2O2/c1-15(2,3)20-14(19)18(4)13-5-7-16(8-6-13)9-12(10-16)11-17/h12-13H,5-10H2,1-4H3. The van der Waals surface area contributed by atoms with Crippen LogP contribution in [0.5, 0.6) is 0 Å². The molecule has 0 unspecified atom stereocenters. The minimum absolute atomic E-state index is 0.220. The molecule has 0 heterocycles. The Bertz CT molecular complexity index is 403. The van der Waals surface area contributed by atoms with Crippen LogP contribution in [0.3, 0.4) is 0 Å². The second-order valence-corrected chi connectivity index (χ2v) is 7.56. The van der Waals surface area contributed by atoms with Crippen LogP contribution in [0.15, 0.2) is 0 Å². The molecule has 2 aliphatic rings. The zero-order valence-electron chi connectivity index (χ0n) is 13.1. The molecule has 0 radical (unpaired) electrons. The van der Waals surface area contributed by atoms with E-state index in [9.17, 15) is 4.79 Å². The van der Waals surface area contributed by atoms with Crippen LogP contribution in [0.1, 0.15) is 59.3 Å². The summed E-state index contributed by atoms with van der Waals surface area (Å²) < 4.78 is 5.42. The van der Waals surface area contributed by atoms with Gasteiger partial charge in [0.2, 0.25) is 0 Å². The van der Waals surface area contributed by atoms with Crippen molar-refractivity contribution < 1.29 is 9.53 Å². The summed E-state index contributed by atoms with van der Waals surface area (Å²) in [5, 5.41) is 8.90. The fourth-order valence-electron chi connectivity index (χ4n) is 3.57. The van der Waals surface area contributed by atoms with E-state index in [1.54, 1.807) is 4.90 Å². The normalized spacial score (nSPS) is 33.1. The zero-order valence-corrected chi connectivity index (χ0v) is 13.1. The van der Waals surface area contributed by atoms with Crippen LogP contribution >= 0.6 is 0 Å². The number of rotatable bonds is 1. The Balaban J connectivity index is 1.82. The Kier molecular flexibility index (Phi) is 4.00. The highest BCUT2D eigenvalue weighted by molar-refractivity contribution is 5.68. The molecular formula is C16H26N2O2. The van der Waals surface area contributed by atoms with Crippen LogP contribution in [-0.4, -0.2) is 29.7 Å². The van der Waals surface area contributed by atoms with Crippen molar-refractivity contribution >= 4 is 6.09 Å². The SMILES string of the molecule is CN(C(=O)OC(C)(C)C)C1CCC2(CC1)CC(C#N)C2. The van der Waals surface area contributed by atoms with Crippen LogP contribution in [-0.2, 0) is 4.74 Å². The van der Waals surface area contributed by atoms with Crippen LogP contribution in [0, 0.1) is 22.7 Å². The fourth-order valence-corrected chi connectivity index (χ4v) is 3.57. The molecule has 20 heavy (non-hydrogen) atoms. The third-order valence-electron chi connectivity index (χ3n) is 4.79. The van der Waals surface area contributed by atoms with Gasteiger partial charge in [-0.2, -0.15) is 5.26 Å². The summed E-state index contributed by atoms with van der Waals surface area (Å²) in [4.78, 5) is 13.8. The van der Waals surface area contributed by atoms with Crippen LogP contribution in [0.25, 0.3) is 0 Å². The Labute approximate surface area is 122 Å². The number of ether oxygens (including phenoxy) is 1. The summed E-state index contributed by atoms with van der Waals surface area (Å²) >= 11 is 0. The van der Waals surface area contributed by atoms with Crippen LogP contribution in [0.2, 0.25) is 0 Å². The van der Waals surface area contributed by atoms with Crippen molar-refractivity contribution in [2.45, 2.75) is 70.9 Å². The summed E-state index contributed by atoms with van der Waals surface area (Å²) in [6.07, 6.45) is 6.26. The van der Waals surface area contributed by atoms with Gasteiger partial charge < -0.3 is 9.64 Å². The van der Waals surface area contributed by atoms with E-state index >= 15 is 0 Å². The summed E-state index contributed by atoms with van der Waals surface area (Å²) in [7, 11) is 1.84. The summed E-state index contributed by atoms with van der Waals surface area (Å²) in [5.74, 6) is 0.273. The van der Waals surface area contributed by atoms with Gasteiger partial charge in [0, 0.05) is 19.0 Å². The number of carbonyl (C=O) groups is 1. The first-order chi connectivity index (χ1) is 9.25. The molecule has 2 rings (SSSR count). The largest absolute Gasteiger partial charge is 0.444 e. The lowest BCUT2D eigenvalue weighted by atomic mass is 9.55. The summed E-state index contributed by atoms with van der Waals surface area (Å²) in [6, 6.07) is 2.65. The smallest absolute Gasteiger partial charge is 0.410 e. The number of nitriles is 1. The molecule has 2 aliphatic carbocycles. The molecule has 4 heteroatoms. The summed E-state index contributed by atoms with van der Waals surface area (Å²) in [6.45, 7) is 5.68. The van der Waals surface area contributed by atoms with E-state index in [4.69, 9.17) is 10.00 Å². The molecule has 2 saturated carbocycles. The number of carbonyl (C=O) groups excluding carboxylic acids is 1. The molecule has 1 spiro atoms. The highest BCUT2D eigenvalue weighted by atomic mass is 16.6. The van der Waals surface area contributed by atoms with Gasteiger partial charge in [-0.3, -0.25) is 0 Å². The van der Waals surface area contributed by atoms with Gasteiger partial charge in [0.1, 0.15) is 5.60 Å². The maximum absolute atomic E-state index is 12.1. The van der Waals surface area contributed by atoms with Gasteiger partial charge in [0.25, 0.3) is 0 Å². The van der Waals surface area contributed by atoms with Gasteiger partial charge >= 0.3 is 6.09 Å². The molecule has 2 fully saturated rings. The van der Waals surface area contributed by atoms with E-state index < -0.39 is 5.60 Å². The zero-order chi connectivity index (χ0) is 15.0. The van der Waals surface area contributed by atoms with Gasteiger partial charge in [0.15, 0.2) is 0 Å². The second kappa shape index (κ2) is 5.27. The van der Waals surface area contributed by atoms with E-state index in [1.807, 2.05) is 27.8 Å². The molecule has 0 N–H and O–H groups in total. The minimum Gasteiger partial charge on any atom is -0.444 e. The first kappa shape index (κ1) is 15.2. The number of hydrogen-bond acceptors (Lipinski definition) is 3. The first-order valence-electron chi connectivity index (χ1n) is 7.60. The Morgan fingerprint density at radius 1 is 1.30 bits per heavy atom. The molecule has 0 aromatic rings. The lowest BCUT2D eigenvalue weighted by molar-refractivity contribution is -0.00785. The van der Waals surface area contributed by atoms with Crippen molar-refractivity contribution in [1.29, 1.82) is 5.26 Å². The van der Waals surface area contributed by atoms with Crippen molar-refractivity contribution in [3.05, 3.63) is 0 Å². The second-order valence-electron chi connectivity index (χ2n) is 7.56. The minimum atomic E-state index is -0.435. The molecule has 1 amide bonds. The molecule has 0 saturated heterocycles. The Morgan fingerprint density at radius 3 is 2.30 bits per heavy atom. The number of nitrogens with zero attached hydrogens (tertiary/aromatic N) is 2. The topological polar surface area (TPSA) is 53.3 Å². The molecular weight excluding hydrogens is 252 g/mol. The lowest BCUT2D eigenvalue weighted by Gasteiger charge is -2.50. The van der Waals surface area contributed by atoms with Crippen molar-refractivity contribution in [2.24, 2.45) is 11.3 Å². The first-order valence-corrected chi connectivity index (χ1v) is 7.60. The molecule has 112 valence electrons. The summed E-state index contributed by atoms with van der Waals surface area (Å²) in [5.41, 5.74) is -0.0269. The van der Waals surface area contributed by atoms with Crippen molar-refractivity contribution in [1.82, 2.24) is 4.90 Å². The number of hydrogen-bond donors (Lipinski definition) is 0. The van der Waals surface area contributed by atoms with Gasteiger partial charge in [-0.1, -0.05) is 0 Å². The van der Waals surface area contributed by atoms with Gasteiger partial charge in [-0.25, -0.2) is 4.79 Å². The molecule has 0 atom stereocenters. The van der Waals surface area contributed by atoms with Gasteiger partial charge in [-0.15, -0.1) is 0 Å². The van der Waals surface area contributed by atoms with E-state index in [0.717, 1.165) is 38.5 Å². The van der Waals surface area contributed by atoms with E-state index in [0.29, 0.717) is 5.41 Å². The molecule has 0 bridgehead atoms. The maximum Gasteiger partial charge on any atom is 0.410 e. The Morgan fingerprint density at radius 2 is 1.85 bits per heavy atom. The average Bonchev–Trinajstić information content (AvgIpc) is 2.33. The van der Waals surface area contributed by atoms with Crippen LogP contribution < -0.4 is 0 Å². The highest BCUT2D eigenvalue weighted by Crippen LogP contribution is 2.54. The predicted molar refractivity (Wildman–Crippen MR) is 77.0 cm³/mol. The van der Waals surface area contributed by atoms with Gasteiger partial charge in [-0.05, 0) is 64.7 Å².